The first-order valence-corrected chi connectivity index (χ1v) is 6.45. The summed E-state index contributed by atoms with van der Waals surface area (Å²) >= 11 is 0. The van der Waals surface area contributed by atoms with E-state index in [0.29, 0.717) is 12.8 Å². The molecule has 0 aliphatic heterocycles. The Labute approximate surface area is 109 Å². The Kier molecular flexibility index (Phi) is 4.91. The molecule has 0 heterocycles. The van der Waals surface area contributed by atoms with Gasteiger partial charge in [0.2, 0.25) is 0 Å². The van der Waals surface area contributed by atoms with Gasteiger partial charge < -0.3 is 10.8 Å². The minimum atomic E-state index is -0.823. The Morgan fingerprint density at radius 2 is 2.00 bits per heavy atom. The van der Waals surface area contributed by atoms with E-state index in [1.54, 1.807) is 0 Å². The van der Waals surface area contributed by atoms with E-state index < -0.39 is 11.4 Å². The summed E-state index contributed by atoms with van der Waals surface area (Å²) in [6, 6.07) is 6.11. The van der Waals surface area contributed by atoms with Gasteiger partial charge in [0, 0.05) is 6.54 Å². The standard InChI is InChI=1S/C15H23NO2/c1-4-7-15(10-16,14(17)18)9-13-6-5-11(2)12(3)8-13/h5-6,8H,4,7,9-10,16H2,1-3H3,(H,17,18). The molecule has 0 aromatic heterocycles. The summed E-state index contributed by atoms with van der Waals surface area (Å²) in [5, 5.41) is 9.46. The molecular formula is C15H23NO2. The van der Waals surface area contributed by atoms with Crippen molar-refractivity contribution in [3.8, 4) is 0 Å². The molecule has 0 radical (unpaired) electrons. The fourth-order valence-corrected chi connectivity index (χ4v) is 2.32. The van der Waals surface area contributed by atoms with E-state index in [4.69, 9.17) is 5.73 Å². The lowest BCUT2D eigenvalue weighted by molar-refractivity contribution is -0.148. The van der Waals surface area contributed by atoms with Crippen molar-refractivity contribution in [2.24, 2.45) is 11.1 Å². The number of carbonyl (C=O) groups is 1. The molecule has 1 rings (SSSR count). The lowest BCUT2D eigenvalue weighted by Crippen LogP contribution is -2.40. The molecule has 0 fully saturated rings. The van der Waals surface area contributed by atoms with E-state index in [1.807, 2.05) is 26.0 Å². The Balaban J connectivity index is 3.02. The number of nitrogens with two attached hydrogens (primary N) is 1. The maximum atomic E-state index is 11.5. The van der Waals surface area contributed by atoms with E-state index in [0.717, 1.165) is 12.0 Å². The first-order chi connectivity index (χ1) is 8.45. The van der Waals surface area contributed by atoms with Crippen LogP contribution in [0, 0.1) is 19.3 Å². The van der Waals surface area contributed by atoms with Gasteiger partial charge in [0.05, 0.1) is 5.41 Å². The molecular weight excluding hydrogens is 226 g/mol. The third-order valence-electron chi connectivity index (χ3n) is 3.69. The van der Waals surface area contributed by atoms with Crippen molar-refractivity contribution in [3.05, 3.63) is 34.9 Å². The van der Waals surface area contributed by atoms with Crippen molar-refractivity contribution in [3.63, 3.8) is 0 Å². The van der Waals surface area contributed by atoms with Crippen LogP contribution in [0.5, 0.6) is 0 Å². The van der Waals surface area contributed by atoms with Crippen molar-refractivity contribution in [2.75, 3.05) is 6.54 Å². The topological polar surface area (TPSA) is 63.3 Å². The van der Waals surface area contributed by atoms with Crippen LogP contribution in [0.4, 0.5) is 0 Å². The zero-order valence-corrected chi connectivity index (χ0v) is 11.5. The first kappa shape index (κ1) is 14.7. The molecule has 3 heteroatoms. The highest BCUT2D eigenvalue weighted by atomic mass is 16.4. The molecule has 0 aliphatic rings. The van der Waals surface area contributed by atoms with Crippen molar-refractivity contribution in [1.29, 1.82) is 0 Å². The molecule has 1 atom stereocenters. The lowest BCUT2D eigenvalue weighted by atomic mass is 9.77. The molecule has 0 spiro atoms. The van der Waals surface area contributed by atoms with Gasteiger partial charge in [-0.1, -0.05) is 31.5 Å². The number of rotatable bonds is 6. The normalized spacial score (nSPS) is 14.2. The van der Waals surface area contributed by atoms with E-state index >= 15 is 0 Å². The van der Waals surface area contributed by atoms with Crippen LogP contribution in [0.3, 0.4) is 0 Å². The van der Waals surface area contributed by atoms with Gasteiger partial charge in [0.25, 0.3) is 0 Å². The van der Waals surface area contributed by atoms with Crippen molar-refractivity contribution >= 4 is 5.97 Å². The van der Waals surface area contributed by atoms with Gasteiger partial charge in [-0.3, -0.25) is 4.79 Å². The number of carboxylic acid groups (broad SMARTS) is 1. The van der Waals surface area contributed by atoms with Crippen molar-refractivity contribution < 1.29 is 9.90 Å². The Hall–Kier alpha value is -1.35. The largest absolute Gasteiger partial charge is 0.481 e. The number of aliphatic carboxylic acids is 1. The quantitative estimate of drug-likeness (QED) is 0.814. The zero-order chi connectivity index (χ0) is 13.8. The third kappa shape index (κ3) is 3.10. The maximum Gasteiger partial charge on any atom is 0.311 e. The summed E-state index contributed by atoms with van der Waals surface area (Å²) in [4.78, 5) is 11.5. The van der Waals surface area contributed by atoms with Gasteiger partial charge in [0.15, 0.2) is 0 Å². The summed E-state index contributed by atoms with van der Waals surface area (Å²) in [6.45, 7) is 6.28. The van der Waals surface area contributed by atoms with Gasteiger partial charge in [-0.25, -0.2) is 0 Å². The summed E-state index contributed by atoms with van der Waals surface area (Å²) in [6.07, 6.45) is 1.95. The van der Waals surface area contributed by atoms with Crippen LogP contribution in [-0.2, 0) is 11.2 Å². The van der Waals surface area contributed by atoms with Gasteiger partial charge in [-0.15, -0.1) is 0 Å². The van der Waals surface area contributed by atoms with Crippen LogP contribution in [0.25, 0.3) is 0 Å². The predicted octanol–water partition coefficient (Wildman–Crippen LogP) is 2.68. The molecule has 3 nitrogen and oxygen atoms in total. The molecule has 18 heavy (non-hydrogen) atoms. The average molecular weight is 249 g/mol. The molecule has 1 unspecified atom stereocenters. The third-order valence-corrected chi connectivity index (χ3v) is 3.69. The molecule has 3 N–H and O–H groups in total. The number of benzene rings is 1. The molecule has 100 valence electrons. The maximum absolute atomic E-state index is 11.5. The number of carboxylic acids is 1. The summed E-state index contributed by atoms with van der Waals surface area (Å²) < 4.78 is 0. The smallest absolute Gasteiger partial charge is 0.311 e. The van der Waals surface area contributed by atoms with E-state index in [9.17, 15) is 9.90 Å². The molecule has 0 amide bonds. The van der Waals surface area contributed by atoms with Crippen LogP contribution >= 0.6 is 0 Å². The average Bonchev–Trinajstić information content (AvgIpc) is 2.33. The Morgan fingerprint density at radius 1 is 1.33 bits per heavy atom. The second-order valence-corrected chi connectivity index (χ2v) is 5.13. The molecule has 1 aromatic carbocycles. The minimum Gasteiger partial charge on any atom is -0.481 e. The molecule has 0 aliphatic carbocycles. The van der Waals surface area contributed by atoms with Crippen LogP contribution in [0.2, 0.25) is 0 Å². The molecule has 0 saturated carbocycles. The fourth-order valence-electron chi connectivity index (χ4n) is 2.32. The first-order valence-electron chi connectivity index (χ1n) is 6.45. The Morgan fingerprint density at radius 3 is 2.44 bits per heavy atom. The fraction of sp³-hybridized carbons (Fsp3) is 0.533. The summed E-state index contributed by atoms with van der Waals surface area (Å²) in [5.74, 6) is -0.787. The monoisotopic (exact) mass is 249 g/mol. The molecule has 0 bridgehead atoms. The van der Waals surface area contributed by atoms with Crippen LogP contribution in [-0.4, -0.2) is 17.6 Å². The van der Waals surface area contributed by atoms with E-state index in [2.05, 4.69) is 13.0 Å². The highest BCUT2D eigenvalue weighted by Gasteiger charge is 2.36. The van der Waals surface area contributed by atoms with Crippen molar-refractivity contribution in [2.45, 2.75) is 40.0 Å². The Bertz CT molecular complexity index is 429. The van der Waals surface area contributed by atoms with Crippen LogP contribution < -0.4 is 5.73 Å². The van der Waals surface area contributed by atoms with Gasteiger partial charge in [-0.2, -0.15) is 0 Å². The summed E-state index contributed by atoms with van der Waals surface area (Å²) in [7, 11) is 0. The highest BCUT2D eigenvalue weighted by Crippen LogP contribution is 2.29. The van der Waals surface area contributed by atoms with E-state index in [-0.39, 0.29) is 6.54 Å². The zero-order valence-electron chi connectivity index (χ0n) is 11.5. The number of hydrogen-bond donors (Lipinski definition) is 2. The minimum absolute atomic E-state index is 0.184. The van der Waals surface area contributed by atoms with Crippen molar-refractivity contribution in [1.82, 2.24) is 0 Å². The van der Waals surface area contributed by atoms with E-state index in [1.165, 1.54) is 11.1 Å². The van der Waals surface area contributed by atoms with Gasteiger partial charge in [0.1, 0.15) is 0 Å². The highest BCUT2D eigenvalue weighted by molar-refractivity contribution is 5.75. The van der Waals surface area contributed by atoms with Gasteiger partial charge >= 0.3 is 5.97 Å². The molecule has 1 aromatic rings. The lowest BCUT2D eigenvalue weighted by Gasteiger charge is -2.27. The van der Waals surface area contributed by atoms with Crippen LogP contribution in [0.15, 0.2) is 18.2 Å². The summed E-state index contributed by atoms with van der Waals surface area (Å²) in [5.41, 5.74) is 8.38. The van der Waals surface area contributed by atoms with Crippen LogP contribution in [0.1, 0.15) is 36.5 Å². The number of hydrogen-bond acceptors (Lipinski definition) is 2. The predicted molar refractivity (Wildman–Crippen MR) is 73.7 cm³/mol. The second kappa shape index (κ2) is 6.01. The SMILES string of the molecule is CCCC(CN)(Cc1ccc(C)c(C)c1)C(=O)O. The number of aryl methyl sites for hydroxylation is 2. The van der Waals surface area contributed by atoms with Gasteiger partial charge in [-0.05, 0) is 43.4 Å². The molecule has 0 saturated heterocycles. The second-order valence-electron chi connectivity index (χ2n) is 5.13.